The van der Waals surface area contributed by atoms with Crippen molar-refractivity contribution in [2.75, 3.05) is 13.1 Å². The summed E-state index contributed by atoms with van der Waals surface area (Å²) in [4.78, 5) is 17.7. The van der Waals surface area contributed by atoms with E-state index in [1.165, 1.54) is 0 Å². The predicted octanol–water partition coefficient (Wildman–Crippen LogP) is 3.29. The fourth-order valence-electron chi connectivity index (χ4n) is 3.48. The van der Waals surface area contributed by atoms with Crippen LogP contribution in [0.3, 0.4) is 0 Å². The summed E-state index contributed by atoms with van der Waals surface area (Å²) in [5.74, 6) is 0.00121. The van der Waals surface area contributed by atoms with Crippen molar-refractivity contribution >= 4 is 16.8 Å². The van der Waals surface area contributed by atoms with Crippen LogP contribution in [0.4, 0.5) is 0 Å². The fraction of sp³-hybridized carbons (Fsp3) is 0.250. The molecule has 122 valence electrons. The summed E-state index contributed by atoms with van der Waals surface area (Å²) in [5, 5.41) is 11.9. The number of hydrogen-bond donors (Lipinski definition) is 2. The average molecular weight is 320 g/mol. The molecule has 1 fully saturated rings. The summed E-state index contributed by atoms with van der Waals surface area (Å²) in [7, 11) is 0. The Labute approximate surface area is 140 Å². The number of aromatic nitrogens is 1. The molecule has 4 heteroatoms. The molecule has 0 atom stereocenters. The molecule has 1 aliphatic heterocycles. The Kier molecular flexibility index (Phi) is 3.62. The van der Waals surface area contributed by atoms with Gasteiger partial charge in [0.25, 0.3) is 5.91 Å². The lowest BCUT2D eigenvalue weighted by molar-refractivity contribution is -0.0212. The van der Waals surface area contributed by atoms with E-state index in [0.29, 0.717) is 31.6 Å². The van der Waals surface area contributed by atoms with E-state index >= 15 is 0 Å². The first-order chi connectivity index (χ1) is 11.7. The van der Waals surface area contributed by atoms with Gasteiger partial charge in [0.15, 0.2) is 0 Å². The molecule has 0 spiro atoms. The van der Waals surface area contributed by atoms with Crippen LogP contribution < -0.4 is 0 Å². The highest BCUT2D eigenvalue weighted by Gasteiger charge is 2.35. The normalized spacial score (nSPS) is 17.1. The van der Waals surface area contributed by atoms with Gasteiger partial charge in [-0.05, 0) is 30.5 Å². The third-order valence-corrected chi connectivity index (χ3v) is 4.95. The summed E-state index contributed by atoms with van der Waals surface area (Å²) in [6.07, 6.45) is 1.12. The fourth-order valence-corrected chi connectivity index (χ4v) is 3.48. The van der Waals surface area contributed by atoms with E-state index in [0.717, 1.165) is 16.5 Å². The number of carbonyl (C=O) groups excluding carboxylic acids is 1. The monoisotopic (exact) mass is 320 g/mol. The highest BCUT2D eigenvalue weighted by Crippen LogP contribution is 2.33. The minimum Gasteiger partial charge on any atom is -0.385 e. The van der Waals surface area contributed by atoms with Crippen molar-refractivity contribution in [1.82, 2.24) is 9.88 Å². The molecule has 0 aliphatic carbocycles. The van der Waals surface area contributed by atoms with Crippen LogP contribution >= 0.6 is 0 Å². The molecule has 2 heterocycles. The molecule has 0 saturated carbocycles. The van der Waals surface area contributed by atoms with Gasteiger partial charge in [0.1, 0.15) is 5.69 Å². The van der Waals surface area contributed by atoms with Crippen molar-refractivity contribution in [2.45, 2.75) is 18.4 Å². The highest BCUT2D eigenvalue weighted by atomic mass is 16.3. The van der Waals surface area contributed by atoms with Gasteiger partial charge in [-0.15, -0.1) is 0 Å². The quantitative estimate of drug-likeness (QED) is 0.761. The van der Waals surface area contributed by atoms with Crippen LogP contribution in [-0.2, 0) is 5.60 Å². The first-order valence-electron chi connectivity index (χ1n) is 8.31. The number of nitrogens with one attached hydrogen (secondary N) is 1. The molecule has 1 aliphatic rings. The standard InChI is InChI=1S/C20H20N2O2/c23-19(18-14-15-6-4-5-9-17(15)21-18)22-12-10-20(24,11-13-22)16-7-2-1-3-8-16/h1-9,14,21,24H,10-13H2. The smallest absolute Gasteiger partial charge is 0.270 e. The number of likely N-dealkylation sites (tertiary alicyclic amines) is 1. The number of aromatic amines is 1. The second-order valence-electron chi connectivity index (χ2n) is 6.46. The van der Waals surface area contributed by atoms with Crippen LogP contribution in [0.1, 0.15) is 28.9 Å². The Morgan fingerprint density at radius 1 is 1.00 bits per heavy atom. The minimum absolute atomic E-state index is 0.00121. The Morgan fingerprint density at radius 2 is 1.67 bits per heavy atom. The summed E-state index contributed by atoms with van der Waals surface area (Å²) in [5.41, 5.74) is 1.68. The number of hydrogen-bond acceptors (Lipinski definition) is 2. The maximum atomic E-state index is 12.7. The molecule has 2 aromatic carbocycles. The van der Waals surface area contributed by atoms with Crippen molar-refractivity contribution in [3.63, 3.8) is 0 Å². The van der Waals surface area contributed by atoms with Crippen molar-refractivity contribution in [1.29, 1.82) is 0 Å². The van der Waals surface area contributed by atoms with E-state index in [4.69, 9.17) is 0 Å². The number of carbonyl (C=O) groups is 1. The van der Waals surface area contributed by atoms with Crippen LogP contribution in [0, 0.1) is 0 Å². The van der Waals surface area contributed by atoms with Crippen molar-refractivity contribution in [3.05, 3.63) is 71.9 Å². The van der Waals surface area contributed by atoms with Gasteiger partial charge in [-0.2, -0.15) is 0 Å². The zero-order chi connectivity index (χ0) is 16.6. The molecular formula is C20H20N2O2. The van der Waals surface area contributed by atoms with E-state index in [9.17, 15) is 9.90 Å². The maximum absolute atomic E-state index is 12.7. The lowest BCUT2D eigenvalue weighted by Gasteiger charge is -2.38. The van der Waals surface area contributed by atoms with Gasteiger partial charge < -0.3 is 15.0 Å². The third-order valence-electron chi connectivity index (χ3n) is 4.95. The van der Waals surface area contributed by atoms with Crippen LogP contribution in [-0.4, -0.2) is 34.0 Å². The number of fused-ring (bicyclic) bond motifs is 1. The van der Waals surface area contributed by atoms with Crippen LogP contribution in [0.2, 0.25) is 0 Å². The number of rotatable bonds is 2. The minimum atomic E-state index is -0.835. The van der Waals surface area contributed by atoms with Gasteiger partial charge in [-0.1, -0.05) is 48.5 Å². The molecule has 1 saturated heterocycles. The summed E-state index contributed by atoms with van der Waals surface area (Å²) in [6, 6.07) is 19.5. The largest absolute Gasteiger partial charge is 0.385 e. The van der Waals surface area contributed by atoms with Crippen molar-refractivity contribution in [2.24, 2.45) is 0 Å². The van der Waals surface area contributed by atoms with Gasteiger partial charge in [0, 0.05) is 24.0 Å². The van der Waals surface area contributed by atoms with Gasteiger partial charge in [0.2, 0.25) is 0 Å². The van der Waals surface area contributed by atoms with E-state index in [1.54, 1.807) is 0 Å². The SMILES string of the molecule is O=C(c1cc2ccccc2[nH]1)N1CCC(O)(c2ccccc2)CC1. The topological polar surface area (TPSA) is 56.3 Å². The molecule has 0 radical (unpaired) electrons. The molecule has 2 N–H and O–H groups in total. The molecule has 0 unspecified atom stereocenters. The van der Waals surface area contributed by atoms with E-state index in [2.05, 4.69) is 4.98 Å². The number of piperidine rings is 1. The number of amides is 1. The third kappa shape index (κ3) is 2.59. The highest BCUT2D eigenvalue weighted by molar-refractivity contribution is 5.98. The molecule has 24 heavy (non-hydrogen) atoms. The van der Waals surface area contributed by atoms with Crippen LogP contribution in [0.5, 0.6) is 0 Å². The molecule has 4 rings (SSSR count). The summed E-state index contributed by atoms with van der Waals surface area (Å²) >= 11 is 0. The maximum Gasteiger partial charge on any atom is 0.270 e. The number of nitrogens with zero attached hydrogens (tertiary/aromatic N) is 1. The average Bonchev–Trinajstić information content (AvgIpc) is 3.07. The Morgan fingerprint density at radius 3 is 2.38 bits per heavy atom. The first kappa shape index (κ1) is 15.0. The molecule has 1 aromatic heterocycles. The summed E-state index contributed by atoms with van der Waals surface area (Å²) < 4.78 is 0. The Bertz CT molecular complexity index is 828. The molecule has 3 aromatic rings. The van der Waals surface area contributed by atoms with Gasteiger partial charge >= 0.3 is 0 Å². The van der Waals surface area contributed by atoms with Crippen LogP contribution in [0.25, 0.3) is 10.9 Å². The molecular weight excluding hydrogens is 300 g/mol. The van der Waals surface area contributed by atoms with Crippen LogP contribution in [0.15, 0.2) is 60.7 Å². The Hall–Kier alpha value is -2.59. The predicted molar refractivity (Wildman–Crippen MR) is 93.8 cm³/mol. The number of aliphatic hydroxyl groups is 1. The van der Waals surface area contributed by atoms with E-state index in [1.807, 2.05) is 65.6 Å². The Balaban J connectivity index is 1.50. The molecule has 0 bridgehead atoms. The van der Waals surface area contributed by atoms with Crippen molar-refractivity contribution in [3.8, 4) is 0 Å². The lowest BCUT2D eigenvalue weighted by atomic mass is 9.84. The molecule has 1 amide bonds. The van der Waals surface area contributed by atoms with Gasteiger partial charge in [0.05, 0.1) is 5.60 Å². The van der Waals surface area contributed by atoms with Crippen molar-refractivity contribution < 1.29 is 9.90 Å². The van der Waals surface area contributed by atoms with E-state index < -0.39 is 5.60 Å². The second kappa shape index (κ2) is 5.80. The van der Waals surface area contributed by atoms with E-state index in [-0.39, 0.29) is 5.91 Å². The van der Waals surface area contributed by atoms with Gasteiger partial charge in [-0.25, -0.2) is 0 Å². The first-order valence-corrected chi connectivity index (χ1v) is 8.31. The van der Waals surface area contributed by atoms with Gasteiger partial charge in [-0.3, -0.25) is 4.79 Å². The summed E-state index contributed by atoms with van der Waals surface area (Å²) in [6.45, 7) is 1.11. The second-order valence-corrected chi connectivity index (χ2v) is 6.46. The molecule has 4 nitrogen and oxygen atoms in total. The zero-order valence-corrected chi connectivity index (χ0v) is 13.4. The number of H-pyrrole nitrogens is 1. The number of benzene rings is 2. The number of para-hydroxylation sites is 1. The zero-order valence-electron chi connectivity index (χ0n) is 13.4. The lowest BCUT2D eigenvalue weighted by Crippen LogP contribution is -2.45.